The summed E-state index contributed by atoms with van der Waals surface area (Å²) in [7, 11) is 13.4. The van der Waals surface area contributed by atoms with E-state index in [1.807, 2.05) is 43.3 Å². The third-order valence-electron chi connectivity index (χ3n) is 7.13. The van der Waals surface area contributed by atoms with Gasteiger partial charge in [0.15, 0.2) is 23.0 Å². The van der Waals surface area contributed by atoms with Crippen LogP contribution in [-0.4, -0.2) is 74.3 Å². The average molecular weight is 489 g/mol. The van der Waals surface area contributed by atoms with Crippen molar-refractivity contribution in [3.63, 3.8) is 0 Å². The Morgan fingerprint density at radius 2 is 1.34 bits per heavy atom. The Bertz CT molecular complexity index is 1010. The molecule has 0 saturated heterocycles. The molecule has 0 heterocycles. The summed E-state index contributed by atoms with van der Waals surface area (Å²) in [5.41, 5.74) is 0.945. The minimum atomic E-state index is -0.949. The molecule has 0 aliphatic heterocycles. The lowest BCUT2D eigenvalue weighted by Crippen LogP contribution is -2.46. The van der Waals surface area contributed by atoms with Crippen molar-refractivity contribution in [2.75, 3.05) is 63.3 Å². The Morgan fingerprint density at radius 3 is 1.86 bits per heavy atom. The third kappa shape index (κ3) is 4.57. The minimum Gasteiger partial charge on any atom is -0.493 e. The number of hydrogen-bond donors (Lipinski definition) is 0. The summed E-state index contributed by atoms with van der Waals surface area (Å²) in [4.78, 5) is 1.94. The molecular formula is C27H38NO7. The Labute approximate surface area is 208 Å². The molecule has 1 radical (unpaired) electrons. The molecule has 2 aromatic rings. The van der Waals surface area contributed by atoms with Crippen LogP contribution in [0.15, 0.2) is 24.3 Å². The van der Waals surface area contributed by atoms with Crippen molar-refractivity contribution in [1.29, 1.82) is 0 Å². The Kier molecular flexibility index (Phi) is 8.61. The molecule has 1 aliphatic carbocycles. The molecule has 1 fully saturated rings. The summed E-state index contributed by atoms with van der Waals surface area (Å²) < 4.78 is 34.1. The number of rotatable bonds is 11. The lowest BCUT2D eigenvalue weighted by atomic mass is 9.65. The number of ether oxygens (including phenoxy) is 6. The maximum atomic E-state index is 14.3. The molecule has 2 unspecified atom stereocenters. The normalized spacial score (nSPS) is 20.5. The van der Waals surface area contributed by atoms with Crippen LogP contribution in [0.25, 0.3) is 0 Å². The van der Waals surface area contributed by atoms with Gasteiger partial charge < -0.3 is 33.3 Å². The topological polar surface area (TPSA) is 78.5 Å². The van der Waals surface area contributed by atoms with Crippen LogP contribution in [0.2, 0.25) is 0 Å². The Hall–Kier alpha value is -2.84. The van der Waals surface area contributed by atoms with Crippen LogP contribution in [-0.2, 0) is 10.5 Å². The van der Waals surface area contributed by atoms with E-state index < -0.39 is 11.5 Å². The number of benzene rings is 2. The quantitative estimate of drug-likeness (QED) is 0.467. The van der Waals surface area contributed by atoms with Crippen LogP contribution in [0, 0.1) is 0 Å². The standard InChI is InChI=1S/C27H38NO7/c1-28(2)16-22(29)27(19-12-14-21(31-4)26(35-8)24(19)33-6)15-9-10-18(27)17-11-13-20(30-3)25(34-7)23(17)32-5/h11-14,18,22H,9-10,15-16H2,1-8H3/t18-,22?,27?/m1/s1. The van der Waals surface area contributed by atoms with E-state index in [2.05, 4.69) is 0 Å². The number of nitrogens with zero attached hydrogens (tertiary/aromatic N) is 1. The van der Waals surface area contributed by atoms with Crippen LogP contribution in [0.4, 0.5) is 0 Å². The fourth-order valence-corrected chi connectivity index (χ4v) is 5.71. The molecule has 3 atom stereocenters. The summed E-state index contributed by atoms with van der Waals surface area (Å²) in [5.74, 6) is 3.09. The molecule has 2 aromatic carbocycles. The molecule has 35 heavy (non-hydrogen) atoms. The summed E-state index contributed by atoms with van der Waals surface area (Å²) in [6, 6.07) is 7.66. The van der Waals surface area contributed by atoms with Gasteiger partial charge in [0.2, 0.25) is 11.5 Å². The second-order valence-electron chi connectivity index (χ2n) is 9.04. The van der Waals surface area contributed by atoms with Crippen molar-refractivity contribution >= 4 is 0 Å². The van der Waals surface area contributed by atoms with E-state index in [9.17, 15) is 5.11 Å². The zero-order valence-corrected chi connectivity index (χ0v) is 22.1. The first kappa shape index (κ1) is 26.8. The van der Waals surface area contributed by atoms with Crippen LogP contribution in [0.1, 0.15) is 36.3 Å². The van der Waals surface area contributed by atoms with Crippen molar-refractivity contribution in [3.05, 3.63) is 35.4 Å². The van der Waals surface area contributed by atoms with Gasteiger partial charge in [-0.2, -0.15) is 0 Å². The van der Waals surface area contributed by atoms with Crippen molar-refractivity contribution in [3.8, 4) is 34.5 Å². The van der Waals surface area contributed by atoms with Crippen molar-refractivity contribution in [2.24, 2.45) is 0 Å². The van der Waals surface area contributed by atoms with Gasteiger partial charge in [-0.05, 0) is 39.1 Å². The van der Waals surface area contributed by atoms with E-state index in [1.54, 1.807) is 42.7 Å². The number of likely N-dealkylation sites (N-methyl/N-ethyl adjacent to an activating group) is 1. The smallest absolute Gasteiger partial charge is 0.203 e. The van der Waals surface area contributed by atoms with Gasteiger partial charge in [-0.15, -0.1) is 0 Å². The summed E-state index contributed by atoms with van der Waals surface area (Å²) in [6.45, 7) is 0.365. The number of hydrogen-bond acceptors (Lipinski definition) is 7. The van der Waals surface area contributed by atoms with E-state index in [4.69, 9.17) is 28.4 Å². The molecule has 193 valence electrons. The molecule has 8 nitrogen and oxygen atoms in total. The first-order chi connectivity index (χ1) is 16.8. The first-order valence-electron chi connectivity index (χ1n) is 11.7. The summed E-state index contributed by atoms with van der Waals surface area (Å²) >= 11 is 0. The van der Waals surface area contributed by atoms with Gasteiger partial charge in [0, 0.05) is 29.0 Å². The zero-order chi connectivity index (χ0) is 25.8. The van der Waals surface area contributed by atoms with Crippen molar-refractivity contribution < 1.29 is 33.5 Å². The van der Waals surface area contributed by atoms with Crippen molar-refractivity contribution in [2.45, 2.75) is 36.7 Å². The van der Waals surface area contributed by atoms with E-state index >= 15 is 0 Å². The highest BCUT2D eigenvalue weighted by Gasteiger charge is 2.54. The Balaban J connectivity index is 2.34. The second-order valence-corrected chi connectivity index (χ2v) is 9.04. The summed E-state index contributed by atoms with van der Waals surface area (Å²) in [5, 5.41) is 14.3. The van der Waals surface area contributed by atoms with Crippen LogP contribution in [0.3, 0.4) is 0 Å². The molecular weight excluding hydrogens is 450 g/mol. The molecule has 8 heteroatoms. The molecule has 0 spiro atoms. The lowest BCUT2D eigenvalue weighted by Gasteiger charge is -2.42. The van der Waals surface area contributed by atoms with Gasteiger partial charge in [-0.25, -0.2) is 5.11 Å². The minimum absolute atomic E-state index is 0.147. The molecule has 0 aromatic heterocycles. The molecule has 0 N–H and O–H groups in total. The lowest BCUT2D eigenvalue weighted by molar-refractivity contribution is -0.00852. The van der Waals surface area contributed by atoms with Crippen molar-refractivity contribution in [1.82, 2.24) is 4.90 Å². The van der Waals surface area contributed by atoms with E-state index in [0.29, 0.717) is 47.5 Å². The zero-order valence-electron chi connectivity index (χ0n) is 22.1. The highest BCUT2D eigenvalue weighted by molar-refractivity contribution is 5.62. The number of methoxy groups -OCH3 is 6. The van der Waals surface area contributed by atoms with Gasteiger partial charge in [0.25, 0.3) is 0 Å². The van der Waals surface area contributed by atoms with Crippen LogP contribution >= 0.6 is 0 Å². The van der Waals surface area contributed by atoms with Gasteiger partial charge >= 0.3 is 0 Å². The highest BCUT2D eigenvalue weighted by atomic mass is 16.5. The molecule has 1 saturated carbocycles. The SMILES string of the molecule is COc1ccc([C@H]2CCCC2(c2ccc(OC)c(OC)c2OC)C([O])CN(C)C)c(OC)c1OC. The van der Waals surface area contributed by atoms with E-state index in [-0.39, 0.29) is 5.92 Å². The maximum absolute atomic E-state index is 14.3. The predicted octanol–water partition coefficient (Wildman–Crippen LogP) is 4.30. The molecule has 1 aliphatic rings. The molecule has 3 rings (SSSR count). The van der Waals surface area contributed by atoms with E-state index in [1.165, 1.54) is 0 Å². The average Bonchev–Trinajstić information content (AvgIpc) is 3.31. The van der Waals surface area contributed by atoms with Crippen LogP contribution < -0.4 is 28.4 Å². The van der Waals surface area contributed by atoms with Gasteiger partial charge in [-0.3, -0.25) is 0 Å². The van der Waals surface area contributed by atoms with Gasteiger partial charge in [0.1, 0.15) is 6.10 Å². The highest BCUT2D eigenvalue weighted by Crippen LogP contribution is 2.60. The molecule has 0 bridgehead atoms. The van der Waals surface area contributed by atoms with Gasteiger partial charge in [0.05, 0.1) is 42.7 Å². The maximum Gasteiger partial charge on any atom is 0.203 e. The fraction of sp³-hybridized carbons (Fsp3) is 0.556. The third-order valence-corrected chi connectivity index (χ3v) is 7.13. The fourth-order valence-electron chi connectivity index (χ4n) is 5.71. The Morgan fingerprint density at radius 1 is 0.800 bits per heavy atom. The predicted molar refractivity (Wildman–Crippen MR) is 133 cm³/mol. The van der Waals surface area contributed by atoms with E-state index in [0.717, 1.165) is 24.0 Å². The van der Waals surface area contributed by atoms with Gasteiger partial charge in [-0.1, -0.05) is 18.6 Å². The monoisotopic (exact) mass is 488 g/mol. The molecule has 0 amide bonds. The largest absolute Gasteiger partial charge is 0.493 e. The summed E-state index contributed by atoms with van der Waals surface area (Å²) in [6.07, 6.45) is 1.44. The second kappa shape index (κ2) is 11.3. The first-order valence-corrected chi connectivity index (χ1v) is 11.7. The van der Waals surface area contributed by atoms with Crippen LogP contribution in [0.5, 0.6) is 34.5 Å².